The Morgan fingerprint density at radius 2 is 1.83 bits per heavy atom. The standard InChI is InChI=1S/C26H23F3N4O3/c1-15-7-8-17(16(2)31-24(34)18-5-4-6-19(11-18)26(27,28)29)12-21(15)32-25(35)22-14-30-23-13-20(36-3)9-10-33(22)23/h4-14,16H,1-3H3,(H,31,34)(H,32,35). The summed E-state index contributed by atoms with van der Waals surface area (Å²) in [6.07, 6.45) is -1.40. The second-order valence-electron chi connectivity index (χ2n) is 8.24. The Hall–Kier alpha value is -4.34. The summed E-state index contributed by atoms with van der Waals surface area (Å²) in [6.45, 7) is 3.53. The molecule has 0 aliphatic heterocycles. The number of pyridine rings is 1. The summed E-state index contributed by atoms with van der Waals surface area (Å²) >= 11 is 0. The Bertz CT molecular complexity index is 1450. The maximum atomic E-state index is 13.0. The Morgan fingerprint density at radius 1 is 1.06 bits per heavy atom. The number of hydrogen-bond donors (Lipinski definition) is 2. The van der Waals surface area contributed by atoms with Crippen LogP contribution in [-0.4, -0.2) is 28.3 Å². The molecule has 2 aromatic carbocycles. The van der Waals surface area contributed by atoms with E-state index in [-0.39, 0.29) is 11.5 Å². The fraction of sp³-hybridized carbons (Fsp3) is 0.192. The molecule has 10 heteroatoms. The van der Waals surface area contributed by atoms with Gasteiger partial charge in [0.05, 0.1) is 24.9 Å². The number of rotatable bonds is 6. The van der Waals surface area contributed by atoms with Crippen LogP contribution in [0.5, 0.6) is 5.75 Å². The molecule has 2 heterocycles. The maximum Gasteiger partial charge on any atom is 0.416 e. The number of carbonyl (C=O) groups excluding carboxylic acids is 2. The largest absolute Gasteiger partial charge is 0.497 e. The molecule has 2 aromatic heterocycles. The third-order valence-corrected chi connectivity index (χ3v) is 5.76. The highest BCUT2D eigenvalue weighted by Gasteiger charge is 2.31. The van der Waals surface area contributed by atoms with Crippen molar-refractivity contribution >= 4 is 23.1 Å². The summed E-state index contributed by atoms with van der Waals surface area (Å²) in [5.41, 5.74) is 1.87. The Labute approximate surface area is 204 Å². The van der Waals surface area contributed by atoms with E-state index in [0.29, 0.717) is 28.3 Å². The molecule has 4 aromatic rings. The highest BCUT2D eigenvalue weighted by Crippen LogP contribution is 2.30. The maximum absolute atomic E-state index is 13.0. The van der Waals surface area contributed by atoms with E-state index in [4.69, 9.17) is 4.74 Å². The number of ether oxygens (including phenoxy) is 1. The molecule has 0 radical (unpaired) electrons. The summed E-state index contributed by atoms with van der Waals surface area (Å²) in [5.74, 6) is -0.403. The van der Waals surface area contributed by atoms with Gasteiger partial charge in [-0.15, -0.1) is 0 Å². The van der Waals surface area contributed by atoms with Crippen molar-refractivity contribution in [3.8, 4) is 5.75 Å². The van der Waals surface area contributed by atoms with Crippen molar-refractivity contribution in [2.75, 3.05) is 12.4 Å². The van der Waals surface area contributed by atoms with Crippen molar-refractivity contribution < 1.29 is 27.5 Å². The quantitative estimate of drug-likeness (QED) is 0.374. The van der Waals surface area contributed by atoms with Crippen LogP contribution in [-0.2, 0) is 6.18 Å². The summed E-state index contributed by atoms with van der Waals surface area (Å²) in [6, 6.07) is 12.4. The molecule has 7 nitrogen and oxygen atoms in total. The van der Waals surface area contributed by atoms with Gasteiger partial charge in [-0.2, -0.15) is 13.2 Å². The third-order valence-electron chi connectivity index (χ3n) is 5.76. The molecular formula is C26H23F3N4O3. The topological polar surface area (TPSA) is 84.7 Å². The van der Waals surface area contributed by atoms with Crippen LogP contribution in [0.15, 0.2) is 67.0 Å². The molecule has 0 spiro atoms. The Morgan fingerprint density at radius 3 is 2.56 bits per heavy atom. The number of nitrogens with zero attached hydrogens (tertiary/aromatic N) is 2. The number of carbonyl (C=O) groups is 2. The molecule has 186 valence electrons. The molecule has 2 N–H and O–H groups in total. The van der Waals surface area contributed by atoms with Crippen molar-refractivity contribution in [1.82, 2.24) is 14.7 Å². The molecule has 0 bridgehead atoms. The number of hydrogen-bond acceptors (Lipinski definition) is 4. The average Bonchev–Trinajstić information content (AvgIpc) is 3.28. The van der Waals surface area contributed by atoms with Crippen LogP contribution < -0.4 is 15.4 Å². The lowest BCUT2D eigenvalue weighted by Crippen LogP contribution is -2.27. The SMILES string of the molecule is COc1ccn2c(C(=O)Nc3cc(C(C)NC(=O)c4cccc(C(F)(F)F)c4)ccc3C)cnc2c1. The molecule has 0 saturated heterocycles. The lowest BCUT2D eigenvalue weighted by molar-refractivity contribution is -0.137. The number of amides is 2. The van der Waals surface area contributed by atoms with E-state index >= 15 is 0 Å². The summed E-state index contributed by atoms with van der Waals surface area (Å²) in [5, 5.41) is 5.58. The van der Waals surface area contributed by atoms with Crippen molar-refractivity contribution in [2.24, 2.45) is 0 Å². The zero-order valence-corrected chi connectivity index (χ0v) is 19.7. The van der Waals surface area contributed by atoms with Crippen LogP contribution in [0.1, 0.15) is 50.5 Å². The number of imidazole rings is 1. The minimum absolute atomic E-state index is 0.0958. The number of anilines is 1. The molecule has 36 heavy (non-hydrogen) atoms. The molecule has 1 atom stereocenters. The first-order chi connectivity index (χ1) is 17.1. The number of aryl methyl sites for hydroxylation is 1. The van der Waals surface area contributed by atoms with E-state index in [1.807, 2.05) is 6.92 Å². The number of methoxy groups -OCH3 is 1. The van der Waals surface area contributed by atoms with Crippen LogP contribution >= 0.6 is 0 Å². The molecule has 1 unspecified atom stereocenters. The zero-order chi connectivity index (χ0) is 26.0. The van der Waals surface area contributed by atoms with Gasteiger partial charge in [-0.05, 0) is 55.3 Å². The van der Waals surface area contributed by atoms with Crippen LogP contribution in [0.2, 0.25) is 0 Å². The van der Waals surface area contributed by atoms with Crippen molar-refractivity contribution in [1.29, 1.82) is 0 Å². The van der Waals surface area contributed by atoms with Crippen LogP contribution in [0.3, 0.4) is 0 Å². The summed E-state index contributed by atoms with van der Waals surface area (Å²) in [7, 11) is 1.54. The van der Waals surface area contributed by atoms with E-state index in [2.05, 4.69) is 15.6 Å². The van der Waals surface area contributed by atoms with Gasteiger partial charge in [-0.1, -0.05) is 18.2 Å². The first-order valence-corrected chi connectivity index (χ1v) is 11.0. The van der Waals surface area contributed by atoms with Gasteiger partial charge in [0.15, 0.2) is 0 Å². The predicted octanol–water partition coefficient (Wildman–Crippen LogP) is 5.41. The molecule has 4 rings (SSSR count). The predicted molar refractivity (Wildman–Crippen MR) is 128 cm³/mol. The van der Waals surface area contributed by atoms with Gasteiger partial charge in [-0.3, -0.25) is 14.0 Å². The number of aromatic nitrogens is 2. The van der Waals surface area contributed by atoms with Gasteiger partial charge in [-0.25, -0.2) is 4.98 Å². The lowest BCUT2D eigenvalue weighted by atomic mass is 10.0. The molecule has 0 fully saturated rings. The van der Waals surface area contributed by atoms with Crippen LogP contribution in [0.25, 0.3) is 5.65 Å². The Balaban J connectivity index is 1.51. The highest BCUT2D eigenvalue weighted by atomic mass is 19.4. The second kappa shape index (κ2) is 9.73. The van der Waals surface area contributed by atoms with Crippen molar-refractivity contribution in [3.63, 3.8) is 0 Å². The van der Waals surface area contributed by atoms with Gasteiger partial charge in [0.1, 0.15) is 17.1 Å². The van der Waals surface area contributed by atoms with E-state index in [1.54, 1.807) is 55.0 Å². The van der Waals surface area contributed by atoms with Gasteiger partial charge >= 0.3 is 6.18 Å². The third kappa shape index (κ3) is 5.17. The van der Waals surface area contributed by atoms with Gasteiger partial charge in [0, 0.05) is 23.5 Å². The van der Waals surface area contributed by atoms with E-state index in [9.17, 15) is 22.8 Å². The van der Waals surface area contributed by atoms with E-state index in [0.717, 1.165) is 17.7 Å². The second-order valence-corrected chi connectivity index (χ2v) is 8.24. The first-order valence-electron chi connectivity index (χ1n) is 11.0. The number of nitrogens with one attached hydrogen (secondary N) is 2. The molecule has 2 amide bonds. The number of alkyl halides is 3. The summed E-state index contributed by atoms with van der Waals surface area (Å²) in [4.78, 5) is 29.8. The smallest absolute Gasteiger partial charge is 0.416 e. The molecule has 0 saturated carbocycles. The Kier molecular flexibility index (Phi) is 6.69. The molecular weight excluding hydrogens is 473 g/mol. The number of fused-ring (bicyclic) bond motifs is 1. The minimum atomic E-state index is -4.54. The van der Waals surface area contributed by atoms with Gasteiger partial charge < -0.3 is 15.4 Å². The number of halogens is 3. The van der Waals surface area contributed by atoms with Gasteiger partial charge in [0.2, 0.25) is 0 Å². The van der Waals surface area contributed by atoms with Gasteiger partial charge in [0.25, 0.3) is 11.8 Å². The lowest BCUT2D eigenvalue weighted by Gasteiger charge is -2.17. The normalized spacial score (nSPS) is 12.3. The molecule has 0 aliphatic carbocycles. The highest BCUT2D eigenvalue weighted by molar-refractivity contribution is 6.04. The zero-order valence-electron chi connectivity index (χ0n) is 19.7. The van der Waals surface area contributed by atoms with E-state index in [1.165, 1.54) is 18.3 Å². The minimum Gasteiger partial charge on any atom is -0.497 e. The monoisotopic (exact) mass is 496 g/mol. The van der Waals surface area contributed by atoms with Crippen LogP contribution in [0.4, 0.5) is 18.9 Å². The van der Waals surface area contributed by atoms with Crippen molar-refractivity contribution in [2.45, 2.75) is 26.1 Å². The fourth-order valence-corrected chi connectivity index (χ4v) is 3.69. The van der Waals surface area contributed by atoms with Crippen molar-refractivity contribution in [3.05, 3.63) is 94.9 Å². The average molecular weight is 496 g/mol. The van der Waals surface area contributed by atoms with Crippen LogP contribution in [0, 0.1) is 6.92 Å². The number of benzene rings is 2. The molecule has 0 aliphatic rings. The summed E-state index contributed by atoms with van der Waals surface area (Å²) < 4.78 is 45.8. The fourth-order valence-electron chi connectivity index (χ4n) is 3.69. The van der Waals surface area contributed by atoms with E-state index < -0.39 is 23.7 Å². The first kappa shape index (κ1) is 24.8.